The van der Waals surface area contributed by atoms with Gasteiger partial charge in [-0.2, -0.15) is 0 Å². The largest absolute Gasteiger partial charge is 0.586 e. The van der Waals surface area contributed by atoms with E-state index in [0.717, 1.165) is 24.8 Å². The molecule has 1 fully saturated rings. The molecule has 1 unspecified atom stereocenters. The maximum atomic E-state index is 13.8. The van der Waals surface area contributed by atoms with E-state index in [1.807, 2.05) is 30.3 Å². The lowest BCUT2D eigenvalue weighted by molar-refractivity contribution is -0.286. The fraction of sp³-hybridized carbons (Fsp3) is 0.280. The summed E-state index contributed by atoms with van der Waals surface area (Å²) in [5.41, 5.74) is 1.88. The minimum Gasteiger partial charge on any atom is -0.488 e. The predicted molar refractivity (Wildman–Crippen MR) is 113 cm³/mol. The Morgan fingerprint density at radius 2 is 1.69 bits per heavy atom. The highest BCUT2D eigenvalue weighted by molar-refractivity contribution is 5.83. The van der Waals surface area contributed by atoms with Gasteiger partial charge in [-0.1, -0.05) is 48.5 Å². The molecule has 0 amide bonds. The molecule has 0 N–H and O–H groups in total. The van der Waals surface area contributed by atoms with Gasteiger partial charge < -0.3 is 23.7 Å². The normalized spacial score (nSPS) is 18.9. The highest BCUT2D eigenvalue weighted by Crippen LogP contribution is 2.51. The number of benzene rings is 3. The van der Waals surface area contributed by atoms with Crippen LogP contribution in [-0.2, 0) is 11.3 Å². The molecule has 166 valence electrons. The number of alkyl halides is 2. The van der Waals surface area contributed by atoms with Crippen molar-refractivity contribution in [2.45, 2.75) is 38.5 Å². The number of para-hydroxylation sites is 1. The molecule has 0 spiro atoms. The van der Waals surface area contributed by atoms with Crippen LogP contribution in [-0.4, -0.2) is 19.2 Å². The molecule has 5 nitrogen and oxygen atoms in total. The van der Waals surface area contributed by atoms with Crippen molar-refractivity contribution in [1.82, 2.24) is 0 Å². The van der Waals surface area contributed by atoms with Gasteiger partial charge in [0.25, 0.3) is 0 Å². The van der Waals surface area contributed by atoms with Crippen LogP contribution in [0, 0.1) is 0 Å². The first-order chi connectivity index (χ1) is 15.6. The maximum Gasteiger partial charge on any atom is 0.586 e. The summed E-state index contributed by atoms with van der Waals surface area (Å²) in [5.74, 6) is 0.858. The minimum atomic E-state index is -3.73. The van der Waals surface area contributed by atoms with Crippen molar-refractivity contribution in [3.05, 3.63) is 72.3 Å². The van der Waals surface area contributed by atoms with Gasteiger partial charge in [0.15, 0.2) is 17.8 Å². The van der Waals surface area contributed by atoms with Crippen LogP contribution in [0.15, 0.2) is 66.7 Å². The second-order valence-corrected chi connectivity index (χ2v) is 7.62. The van der Waals surface area contributed by atoms with Crippen LogP contribution in [0.5, 0.6) is 23.0 Å². The maximum absolute atomic E-state index is 13.8. The van der Waals surface area contributed by atoms with E-state index in [4.69, 9.17) is 18.9 Å². The first-order valence-electron chi connectivity index (χ1n) is 10.6. The Morgan fingerprint density at radius 3 is 2.50 bits per heavy atom. The molecule has 0 saturated carbocycles. The van der Waals surface area contributed by atoms with E-state index in [0.29, 0.717) is 35.8 Å². The molecule has 1 saturated heterocycles. The van der Waals surface area contributed by atoms with Crippen LogP contribution in [0.3, 0.4) is 0 Å². The van der Waals surface area contributed by atoms with Gasteiger partial charge in [0.1, 0.15) is 18.1 Å². The molecule has 0 bridgehead atoms. The number of ether oxygens (including phenoxy) is 5. The van der Waals surface area contributed by atoms with Gasteiger partial charge in [0.05, 0.1) is 12.2 Å². The molecule has 3 aromatic rings. The van der Waals surface area contributed by atoms with Gasteiger partial charge in [-0.25, -0.2) is 0 Å². The molecule has 5 rings (SSSR count). The smallest absolute Gasteiger partial charge is 0.488 e. The van der Waals surface area contributed by atoms with Crippen molar-refractivity contribution >= 4 is 0 Å². The van der Waals surface area contributed by atoms with Crippen LogP contribution in [0.4, 0.5) is 8.78 Å². The monoisotopic (exact) mass is 440 g/mol. The summed E-state index contributed by atoms with van der Waals surface area (Å²) in [6, 6.07) is 19.8. The lowest BCUT2D eigenvalue weighted by atomic mass is 10.0. The summed E-state index contributed by atoms with van der Waals surface area (Å²) in [6.07, 6.45) is -1.42. The van der Waals surface area contributed by atoms with E-state index >= 15 is 0 Å². The topological polar surface area (TPSA) is 46.2 Å². The average Bonchev–Trinajstić information content (AvgIpc) is 3.13. The van der Waals surface area contributed by atoms with Crippen molar-refractivity contribution in [2.75, 3.05) is 6.61 Å². The van der Waals surface area contributed by atoms with Gasteiger partial charge in [0.2, 0.25) is 0 Å². The summed E-state index contributed by atoms with van der Waals surface area (Å²) < 4.78 is 55.2. The Morgan fingerprint density at radius 1 is 0.875 bits per heavy atom. The van der Waals surface area contributed by atoms with Gasteiger partial charge in [-0.05, 0) is 36.6 Å². The fourth-order valence-electron chi connectivity index (χ4n) is 3.84. The van der Waals surface area contributed by atoms with E-state index in [2.05, 4.69) is 4.74 Å². The number of halogens is 2. The van der Waals surface area contributed by atoms with Crippen molar-refractivity contribution in [1.29, 1.82) is 0 Å². The lowest BCUT2D eigenvalue weighted by Crippen LogP contribution is -2.26. The number of rotatable bonds is 6. The summed E-state index contributed by atoms with van der Waals surface area (Å²) in [5, 5.41) is 0. The quantitative estimate of drug-likeness (QED) is 0.459. The fourth-order valence-corrected chi connectivity index (χ4v) is 3.84. The Labute approximate surface area is 184 Å². The van der Waals surface area contributed by atoms with Gasteiger partial charge in [-0.3, -0.25) is 0 Å². The van der Waals surface area contributed by atoms with E-state index in [-0.39, 0.29) is 11.5 Å². The highest BCUT2D eigenvalue weighted by atomic mass is 19.3. The number of hydrogen-bond donors (Lipinski definition) is 0. The van der Waals surface area contributed by atoms with Crippen LogP contribution < -0.4 is 18.9 Å². The molecule has 2 aliphatic rings. The number of fused-ring (bicyclic) bond motifs is 1. The zero-order valence-electron chi connectivity index (χ0n) is 17.3. The lowest BCUT2D eigenvalue weighted by Gasteiger charge is -2.25. The molecule has 32 heavy (non-hydrogen) atoms. The Hall–Kier alpha value is -3.32. The zero-order chi connectivity index (χ0) is 22.0. The molecular weight excluding hydrogens is 418 g/mol. The molecule has 2 heterocycles. The molecule has 2 aliphatic heterocycles. The van der Waals surface area contributed by atoms with E-state index in [9.17, 15) is 8.78 Å². The SMILES string of the molecule is FC1(F)Oc2cccc(-c3c(OCc4ccccc4)cccc3OC3CCCCO3)c2O1. The Bertz CT molecular complexity index is 1080. The molecule has 3 aromatic carbocycles. The Balaban J connectivity index is 1.55. The van der Waals surface area contributed by atoms with E-state index in [1.165, 1.54) is 6.07 Å². The molecule has 1 atom stereocenters. The van der Waals surface area contributed by atoms with Gasteiger partial charge >= 0.3 is 6.29 Å². The van der Waals surface area contributed by atoms with Crippen molar-refractivity contribution in [3.8, 4) is 34.1 Å². The van der Waals surface area contributed by atoms with Gasteiger partial charge in [-0.15, -0.1) is 8.78 Å². The summed E-state index contributed by atoms with van der Waals surface area (Å²) >= 11 is 0. The van der Waals surface area contributed by atoms with Crippen molar-refractivity contribution in [2.24, 2.45) is 0 Å². The highest BCUT2D eigenvalue weighted by Gasteiger charge is 2.45. The molecule has 0 aliphatic carbocycles. The zero-order valence-corrected chi connectivity index (χ0v) is 17.3. The third kappa shape index (κ3) is 4.34. The molecule has 7 heteroatoms. The molecular formula is C25H22F2O5. The van der Waals surface area contributed by atoms with Crippen LogP contribution in [0.25, 0.3) is 11.1 Å². The minimum absolute atomic E-state index is 0.0368. The van der Waals surface area contributed by atoms with Crippen LogP contribution in [0.1, 0.15) is 24.8 Å². The van der Waals surface area contributed by atoms with Crippen LogP contribution >= 0.6 is 0 Å². The van der Waals surface area contributed by atoms with Crippen LogP contribution in [0.2, 0.25) is 0 Å². The third-order valence-electron chi connectivity index (χ3n) is 5.32. The number of hydrogen-bond acceptors (Lipinski definition) is 5. The van der Waals surface area contributed by atoms with E-state index < -0.39 is 12.6 Å². The second-order valence-electron chi connectivity index (χ2n) is 7.62. The average molecular weight is 440 g/mol. The second kappa shape index (κ2) is 8.67. The van der Waals surface area contributed by atoms with Gasteiger partial charge in [0, 0.05) is 12.0 Å². The first kappa shape index (κ1) is 20.6. The first-order valence-corrected chi connectivity index (χ1v) is 10.6. The molecule has 0 radical (unpaired) electrons. The standard InChI is InChI=1S/C25H22F2O5/c26-25(27)31-21-13-6-10-18(24(21)32-25)23-19(29-16-17-8-2-1-3-9-17)11-7-12-20(23)30-22-14-4-5-15-28-22/h1-3,6-13,22H,4-5,14-16H2. The Kier molecular flexibility index (Phi) is 5.57. The third-order valence-corrected chi connectivity index (χ3v) is 5.32. The molecule has 0 aromatic heterocycles. The summed E-state index contributed by atoms with van der Waals surface area (Å²) in [7, 11) is 0. The predicted octanol–water partition coefficient (Wildman–Crippen LogP) is 6.16. The summed E-state index contributed by atoms with van der Waals surface area (Å²) in [6.45, 7) is 0.924. The van der Waals surface area contributed by atoms with E-state index in [1.54, 1.807) is 30.3 Å². The summed E-state index contributed by atoms with van der Waals surface area (Å²) in [4.78, 5) is 0. The van der Waals surface area contributed by atoms with Crippen molar-refractivity contribution < 1.29 is 32.5 Å². The van der Waals surface area contributed by atoms with Crippen molar-refractivity contribution in [3.63, 3.8) is 0 Å².